The lowest BCUT2D eigenvalue weighted by Gasteiger charge is -2.46. The van der Waals surface area contributed by atoms with Crippen molar-refractivity contribution in [2.24, 2.45) is 33.5 Å². The van der Waals surface area contributed by atoms with Gasteiger partial charge < -0.3 is 68.6 Å². The van der Waals surface area contributed by atoms with Crippen LogP contribution in [0.3, 0.4) is 0 Å². The molecule has 4 amide bonds. The Bertz CT molecular complexity index is 2410. The number of alkyl halides is 8. The normalized spacial score (nSPS) is 19.6. The standard InChI is InChI=1S/C58H78F8N4O22/c1-13-39(71)81-27-53(28-82-40(72)14-2,29-83-41(73)15-3)33-87-45(77)67-23-37-19-49(7,8)25-51(11,21-37)69-47(79)89-35-55(59,60)91-57(63,64)58(65,66)92-56(61,62)36-90-48(80)70-52(12)22-38(20-50(9,10)26-52)24-68-46(78)88-34-54(30-84-42(74)16-4,31-85-43(75)17-5)32-86-44(76)18-6/h13-18,37-38H,1-6,19-36H2,7-12H3,(H,67,77)(H,68,78)(H,69,79)(H,70,80). The van der Waals surface area contributed by atoms with Gasteiger partial charge in [-0.1, -0.05) is 67.2 Å². The molecule has 0 radical (unpaired) electrons. The smallest absolute Gasteiger partial charge is 0.453 e. The number of hydrogen-bond donors (Lipinski definition) is 4. The highest BCUT2D eigenvalue weighted by molar-refractivity contribution is 5.83. The summed E-state index contributed by atoms with van der Waals surface area (Å²) in [7, 11) is 0. The van der Waals surface area contributed by atoms with Crippen LogP contribution in [0.5, 0.6) is 0 Å². The summed E-state index contributed by atoms with van der Waals surface area (Å²) in [4.78, 5) is 123. The van der Waals surface area contributed by atoms with E-state index in [-0.39, 0.29) is 38.8 Å². The molecule has 2 saturated carbocycles. The fourth-order valence-corrected chi connectivity index (χ4v) is 10.5. The zero-order valence-electron chi connectivity index (χ0n) is 51.6. The lowest BCUT2D eigenvalue weighted by Crippen LogP contribution is -2.56. The number of carbonyl (C=O) groups excluding carboxylic acids is 10. The van der Waals surface area contributed by atoms with E-state index in [2.05, 4.69) is 79.7 Å². The number of nitrogens with one attached hydrogen (secondary N) is 4. The Kier molecular flexibility index (Phi) is 29.4. The zero-order valence-corrected chi connectivity index (χ0v) is 51.6. The highest BCUT2D eigenvalue weighted by Crippen LogP contribution is 2.46. The van der Waals surface area contributed by atoms with Crippen LogP contribution in [0.15, 0.2) is 75.9 Å². The van der Waals surface area contributed by atoms with E-state index in [0.29, 0.717) is 12.8 Å². The molecule has 92 heavy (non-hydrogen) atoms. The SMILES string of the molecule is C=CC(=O)OCC(COC(=O)C=C)(COC(=O)C=C)COC(=O)NCC1CC(C)(C)CC(C)(NC(=O)OCC(F)(F)OC(F)(F)C(F)(F)OC(F)(F)COC(=O)NC2(C)CC(CNC(=O)OCC(COC(=O)C=C)(COC(=O)C=C)COC(=O)C=C)CC(C)(C)C2)C1. The predicted octanol–water partition coefficient (Wildman–Crippen LogP) is 7.81. The minimum absolute atomic E-state index is 0.0295. The van der Waals surface area contributed by atoms with Gasteiger partial charge in [0.2, 0.25) is 0 Å². The van der Waals surface area contributed by atoms with Crippen LogP contribution >= 0.6 is 0 Å². The Morgan fingerprint density at radius 1 is 0.370 bits per heavy atom. The summed E-state index contributed by atoms with van der Waals surface area (Å²) in [6, 6.07) is 0. The second kappa shape index (κ2) is 33.9. The lowest BCUT2D eigenvalue weighted by atomic mass is 9.64. The molecule has 0 saturated heterocycles. The number of halogens is 8. The van der Waals surface area contributed by atoms with Crippen molar-refractivity contribution in [2.45, 2.75) is 116 Å². The summed E-state index contributed by atoms with van der Waals surface area (Å²) in [5.41, 5.74) is -7.49. The summed E-state index contributed by atoms with van der Waals surface area (Å²) >= 11 is 0. The summed E-state index contributed by atoms with van der Waals surface area (Å²) in [6.07, 6.45) is -24.2. The van der Waals surface area contributed by atoms with Crippen molar-refractivity contribution in [3.8, 4) is 0 Å². The number of hydrogen-bond acceptors (Lipinski definition) is 22. The summed E-state index contributed by atoms with van der Waals surface area (Å²) < 4.78 is 174. The molecule has 0 spiro atoms. The van der Waals surface area contributed by atoms with Crippen LogP contribution in [0.1, 0.15) is 80.1 Å². The Hall–Kier alpha value is -8.30. The van der Waals surface area contributed by atoms with Crippen LogP contribution in [0, 0.1) is 33.5 Å². The average molecular weight is 1340 g/mol. The molecular weight excluding hydrogens is 1260 g/mol. The number of rotatable bonds is 37. The van der Waals surface area contributed by atoms with E-state index in [4.69, 9.17) is 37.9 Å². The largest absolute Gasteiger partial charge is 0.462 e. The first-order valence-electron chi connectivity index (χ1n) is 27.7. The van der Waals surface area contributed by atoms with E-state index >= 15 is 0 Å². The van der Waals surface area contributed by atoms with Crippen LogP contribution in [-0.2, 0) is 85.6 Å². The van der Waals surface area contributed by atoms with Crippen LogP contribution in [0.4, 0.5) is 54.3 Å². The van der Waals surface area contributed by atoms with Gasteiger partial charge in [0.05, 0.1) is 0 Å². The molecule has 4 N–H and O–H groups in total. The number of carbonyl (C=O) groups is 10. The molecule has 34 heteroatoms. The van der Waals surface area contributed by atoms with Crippen molar-refractivity contribution < 1.29 is 140 Å². The lowest BCUT2D eigenvalue weighted by molar-refractivity contribution is -0.515. The summed E-state index contributed by atoms with van der Waals surface area (Å²) in [5.74, 6) is -6.73. The third-order valence-electron chi connectivity index (χ3n) is 13.6. The predicted molar refractivity (Wildman–Crippen MR) is 300 cm³/mol. The molecule has 4 unspecified atom stereocenters. The maximum absolute atomic E-state index is 14.8. The van der Waals surface area contributed by atoms with Gasteiger partial charge in [0, 0.05) is 60.6 Å². The minimum atomic E-state index is -6.60. The van der Waals surface area contributed by atoms with Gasteiger partial charge in [-0.3, -0.25) is 0 Å². The Morgan fingerprint density at radius 3 is 0.837 bits per heavy atom. The van der Waals surface area contributed by atoms with E-state index in [1.807, 2.05) is 0 Å². The molecule has 26 nitrogen and oxygen atoms in total. The van der Waals surface area contributed by atoms with Gasteiger partial charge in [0.1, 0.15) is 63.7 Å². The van der Waals surface area contributed by atoms with Crippen molar-refractivity contribution in [3.05, 3.63) is 75.9 Å². The highest BCUT2D eigenvalue weighted by Gasteiger charge is 2.68. The third-order valence-corrected chi connectivity index (χ3v) is 13.6. The maximum Gasteiger partial charge on any atom is 0.453 e. The average Bonchev–Trinajstić information content (AvgIpc) is 0.813. The highest BCUT2D eigenvalue weighted by atomic mass is 19.3. The molecular formula is C58H78F8N4O22. The van der Waals surface area contributed by atoms with Crippen LogP contribution < -0.4 is 21.3 Å². The van der Waals surface area contributed by atoms with E-state index in [1.54, 1.807) is 27.7 Å². The van der Waals surface area contributed by atoms with Crippen LogP contribution in [0.2, 0.25) is 0 Å². The molecule has 0 heterocycles. The minimum Gasteiger partial charge on any atom is -0.462 e. The fourth-order valence-electron chi connectivity index (χ4n) is 10.5. The molecule has 4 atom stereocenters. The molecule has 0 aromatic rings. The van der Waals surface area contributed by atoms with Crippen molar-refractivity contribution >= 4 is 60.2 Å². The zero-order chi connectivity index (χ0) is 70.2. The molecule has 2 aliphatic carbocycles. The topological polar surface area (TPSA) is 330 Å². The van der Waals surface area contributed by atoms with Gasteiger partial charge in [-0.25, -0.2) is 57.4 Å². The molecule has 518 valence electrons. The van der Waals surface area contributed by atoms with Crippen molar-refractivity contribution in [1.82, 2.24) is 21.3 Å². The van der Waals surface area contributed by atoms with Crippen molar-refractivity contribution in [3.63, 3.8) is 0 Å². The van der Waals surface area contributed by atoms with Gasteiger partial charge in [-0.05, 0) is 75.0 Å². The Morgan fingerprint density at radius 2 is 0.598 bits per heavy atom. The quantitative estimate of drug-likeness (QED) is 0.0199. The maximum atomic E-state index is 14.8. The molecule has 0 aliphatic heterocycles. The monoisotopic (exact) mass is 1330 g/mol. The first-order valence-corrected chi connectivity index (χ1v) is 27.7. The van der Waals surface area contributed by atoms with E-state index in [9.17, 15) is 83.1 Å². The molecule has 2 fully saturated rings. The van der Waals surface area contributed by atoms with Crippen molar-refractivity contribution in [2.75, 3.05) is 79.2 Å². The van der Waals surface area contributed by atoms with E-state index in [0.717, 1.165) is 36.5 Å². The molecule has 0 aromatic carbocycles. The number of esters is 6. The van der Waals surface area contributed by atoms with E-state index in [1.165, 1.54) is 13.8 Å². The fraction of sp³-hybridized carbons (Fsp3) is 0.621. The van der Waals surface area contributed by atoms with Gasteiger partial charge in [-0.2, -0.15) is 35.1 Å². The second-order valence-electron chi connectivity index (χ2n) is 24.1. The van der Waals surface area contributed by atoms with Gasteiger partial charge in [0.25, 0.3) is 0 Å². The van der Waals surface area contributed by atoms with Crippen molar-refractivity contribution in [1.29, 1.82) is 0 Å². The Balaban J connectivity index is 2.05. The number of ether oxygens (including phenoxy) is 12. The molecule has 0 aromatic heterocycles. The van der Waals surface area contributed by atoms with Crippen LogP contribution in [0.25, 0.3) is 0 Å². The molecule has 2 rings (SSSR count). The molecule has 0 bridgehead atoms. The third kappa shape index (κ3) is 28.5. The first-order chi connectivity index (χ1) is 42.4. The summed E-state index contributed by atoms with van der Waals surface area (Å²) in [5, 5.41) is 9.55. The van der Waals surface area contributed by atoms with Gasteiger partial charge in [-0.15, -0.1) is 0 Å². The number of amides is 4. The Labute approximate surface area is 524 Å². The summed E-state index contributed by atoms with van der Waals surface area (Å²) in [6.45, 7) is 18.8. The van der Waals surface area contributed by atoms with Gasteiger partial charge in [0.15, 0.2) is 13.2 Å². The van der Waals surface area contributed by atoms with E-state index < -0.39 is 195 Å². The van der Waals surface area contributed by atoms with Crippen LogP contribution in [-0.4, -0.2) is 175 Å². The second-order valence-corrected chi connectivity index (χ2v) is 24.1. The molecule has 2 aliphatic rings. The van der Waals surface area contributed by atoms with Gasteiger partial charge >= 0.3 is 84.6 Å². The first kappa shape index (κ1) is 79.8. The number of alkyl carbamates (subject to hydrolysis) is 4.